The zero-order valence-corrected chi connectivity index (χ0v) is 13.3. The third kappa shape index (κ3) is 2.93. The summed E-state index contributed by atoms with van der Waals surface area (Å²) in [5.74, 6) is -0.124. The average molecular weight is 337 g/mol. The topological polar surface area (TPSA) is 63.8 Å². The van der Waals surface area contributed by atoms with Crippen molar-refractivity contribution < 1.29 is 14.6 Å². The quantitative estimate of drug-likeness (QED) is 0.770. The Kier molecular flexibility index (Phi) is 4.04. The number of fused-ring (bicyclic) bond motifs is 1. The number of hydrogen-bond donors (Lipinski definition) is 1. The molecular weight excluding hydrogens is 324 g/mol. The SMILES string of the molecule is CCOc1ccc(Cl)cc1-c1cn2cc(CC(=O)O)sc2n1. The minimum absolute atomic E-state index is 0.00468. The van der Waals surface area contributed by atoms with Crippen molar-refractivity contribution in [2.75, 3.05) is 6.61 Å². The van der Waals surface area contributed by atoms with E-state index in [2.05, 4.69) is 4.98 Å². The zero-order valence-electron chi connectivity index (χ0n) is 11.7. The van der Waals surface area contributed by atoms with E-state index in [9.17, 15) is 4.79 Å². The number of imidazole rings is 1. The standard InChI is InChI=1S/C15H13ClN2O3S/c1-2-21-13-4-3-9(16)5-11(13)12-8-18-7-10(6-14(19)20)22-15(18)17-12/h3-5,7-8H,2,6H2,1H3,(H,19,20). The van der Waals surface area contributed by atoms with Crippen LogP contribution in [0.4, 0.5) is 0 Å². The van der Waals surface area contributed by atoms with E-state index in [0.29, 0.717) is 11.6 Å². The molecule has 0 saturated heterocycles. The largest absolute Gasteiger partial charge is 0.493 e. The van der Waals surface area contributed by atoms with Gasteiger partial charge in [-0.2, -0.15) is 0 Å². The Morgan fingerprint density at radius 1 is 1.45 bits per heavy atom. The predicted molar refractivity (Wildman–Crippen MR) is 86.0 cm³/mol. The van der Waals surface area contributed by atoms with Crippen molar-refractivity contribution in [2.24, 2.45) is 0 Å². The highest BCUT2D eigenvalue weighted by atomic mass is 35.5. The highest BCUT2D eigenvalue weighted by molar-refractivity contribution is 7.17. The first-order chi connectivity index (χ1) is 10.6. The van der Waals surface area contributed by atoms with Gasteiger partial charge in [-0.15, -0.1) is 11.3 Å². The van der Waals surface area contributed by atoms with E-state index >= 15 is 0 Å². The van der Waals surface area contributed by atoms with Crippen LogP contribution in [-0.4, -0.2) is 27.1 Å². The van der Waals surface area contributed by atoms with E-state index in [-0.39, 0.29) is 6.42 Å². The Morgan fingerprint density at radius 3 is 2.95 bits per heavy atom. The van der Waals surface area contributed by atoms with Crippen LogP contribution in [0, 0.1) is 0 Å². The lowest BCUT2D eigenvalue weighted by atomic mass is 10.1. The summed E-state index contributed by atoms with van der Waals surface area (Å²) in [7, 11) is 0. The van der Waals surface area contributed by atoms with Crippen molar-refractivity contribution in [3.8, 4) is 17.0 Å². The van der Waals surface area contributed by atoms with Crippen LogP contribution in [0.3, 0.4) is 0 Å². The van der Waals surface area contributed by atoms with Crippen LogP contribution in [0.25, 0.3) is 16.2 Å². The second-order valence-electron chi connectivity index (χ2n) is 4.66. The van der Waals surface area contributed by atoms with Gasteiger partial charge in [0, 0.05) is 27.9 Å². The van der Waals surface area contributed by atoms with Gasteiger partial charge in [0.2, 0.25) is 0 Å². The summed E-state index contributed by atoms with van der Waals surface area (Å²) < 4.78 is 7.44. The van der Waals surface area contributed by atoms with Gasteiger partial charge in [0.25, 0.3) is 0 Å². The Balaban J connectivity index is 2.01. The van der Waals surface area contributed by atoms with Gasteiger partial charge in [-0.25, -0.2) is 4.98 Å². The first-order valence-corrected chi connectivity index (χ1v) is 7.88. The molecule has 0 unspecified atom stereocenters. The first kappa shape index (κ1) is 14.9. The van der Waals surface area contributed by atoms with Crippen LogP contribution in [-0.2, 0) is 11.2 Å². The molecule has 0 radical (unpaired) electrons. The van der Waals surface area contributed by atoms with Gasteiger partial charge in [0.1, 0.15) is 5.75 Å². The summed E-state index contributed by atoms with van der Waals surface area (Å²) in [6, 6.07) is 5.42. The minimum Gasteiger partial charge on any atom is -0.493 e. The maximum atomic E-state index is 10.8. The molecule has 3 aromatic rings. The molecule has 1 aromatic carbocycles. The molecule has 0 saturated carbocycles. The Morgan fingerprint density at radius 2 is 2.27 bits per heavy atom. The zero-order chi connectivity index (χ0) is 15.7. The van der Waals surface area contributed by atoms with E-state index < -0.39 is 5.97 Å². The summed E-state index contributed by atoms with van der Waals surface area (Å²) >= 11 is 7.43. The van der Waals surface area contributed by atoms with Gasteiger partial charge in [-0.05, 0) is 25.1 Å². The lowest BCUT2D eigenvalue weighted by Crippen LogP contribution is -1.97. The van der Waals surface area contributed by atoms with E-state index in [0.717, 1.165) is 26.8 Å². The van der Waals surface area contributed by atoms with Crippen LogP contribution >= 0.6 is 22.9 Å². The molecule has 1 N–H and O–H groups in total. The molecule has 0 atom stereocenters. The Hall–Kier alpha value is -2.05. The van der Waals surface area contributed by atoms with Crippen molar-refractivity contribution in [1.82, 2.24) is 9.38 Å². The van der Waals surface area contributed by atoms with Gasteiger partial charge in [-0.1, -0.05) is 11.6 Å². The Bertz CT molecular complexity index is 809. The van der Waals surface area contributed by atoms with Crippen molar-refractivity contribution in [3.05, 3.63) is 40.5 Å². The van der Waals surface area contributed by atoms with Crippen LogP contribution < -0.4 is 4.74 Å². The normalized spacial score (nSPS) is 11.0. The van der Waals surface area contributed by atoms with Gasteiger partial charge in [-0.3, -0.25) is 9.20 Å². The number of halogens is 1. The summed E-state index contributed by atoms with van der Waals surface area (Å²) in [6.45, 7) is 2.47. The third-order valence-corrected chi connectivity index (χ3v) is 4.28. The number of hydrogen-bond acceptors (Lipinski definition) is 4. The summed E-state index contributed by atoms with van der Waals surface area (Å²) in [5, 5.41) is 9.45. The molecule has 0 aliphatic carbocycles. The van der Waals surface area contributed by atoms with Gasteiger partial charge in [0.05, 0.1) is 18.7 Å². The molecule has 0 amide bonds. The second kappa shape index (κ2) is 5.98. The molecule has 2 heterocycles. The predicted octanol–water partition coefficient (Wildman–Crippen LogP) is 3.74. The van der Waals surface area contributed by atoms with Crippen molar-refractivity contribution >= 4 is 33.9 Å². The van der Waals surface area contributed by atoms with Crippen LogP contribution in [0.1, 0.15) is 11.8 Å². The molecule has 0 aliphatic rings. The van der Waals surface area contributed by atoms with Gasteiger partial charge in [0.15, 0.2) is 4.96 Å². The number of aliphatic carboxylic acids is 1. The van der Waals surface area contributed by atoms with Crippen molar-refractivity contribution in [3.63, 3.8) is 0 Å². The monoisotopic (exact) mass is 336 g/mol. The molecule has 7 heteroatoms. The number of carbonyl (C=O) groups is 1. The van der Waals surface area contributed by atoms with Crippen LogP contribution in [0.15, 0.2) is 30.6 Å². The molecule has 114 valence electrons. The molecule has 5 nitrogen and oxygen atoms in total. The Labute approximate surface area is 135 Å². The number of thiazole rings is 1. The molecule has 0 bridgehead atoms. The van der Waals surface area contributed by atoms with E-state index in [1.165, 1.54) is 11.3 Å². The van der Waals surface area contributed by atoms with Crippen molar-refractivity contribution in [1.29, 1.82) is 0 Å². The summed E-state index contributed by atoms with van der Waals surface area (Å²) in [5.41, 5.74) is 1.57. The van der Waals surface area contributed by atoms with E-state index in [1.807, 2.05) is 29.7 Å². The summed E-state index contributed by atoms with van der Waals surface area (Å²) in [6.07, 6.45) is 3.64. The molecule has 3 rings (SSSR count). The van der Waals surface area contributed by atoms with Crippen molar-refractivity contribution in [2.45, 2.75) is 13.3 Å². The fourth-order valence-corrected chi connectivity index (χ4v) is 3.31. The number of rotatable bonds is 5. The highest BCUT2D eigenvalue weighted by Gasteiger charge is 2.14. The van der Waals surface area contributed by atoms with E-state index in [4.69, 9.17) is 21.4 Å². The van der Waals surface area contributed by atoms with Gasteiger partial charge >= 0.3 is 5.97 Å². The second-order valence-corrected chi connectivity index (χ2v) is 6.19. The minimum atomic E-state index is -0.849. The lowest BCUT2D eigenvalue weighted by molar-refractivity contribution is -0.136. The number of aromatic nitrogens is 2. The fraction of sp³-hybridized carbons (Fsp3) is 0.200. The molecule has 0 aliphatic heterocycles. The fourth-order valence-electron chi connectivity index (χ4n) is 2.19. The molecule has 2 aromatic heterocycles. The summed E-state index contributed by atoms with van der Waals surface area (Å²) in [4.78, 5) is 16.8. The number of carboxylic acid groups (broad SMARTS) is 1. The highest BCUT2D eigenvalue weighted by Crippen LogP contribution is 2.33. The number of benzene rings is 1. The molecule has 0 fully saturated rings. The molecule has 0 spiro atoms. The number of nitrogens with zero attached hydrogens (tertiary/aromatic N) is 2. The maximum absolute atomic E-state index is 10.8. The number of carboxylic acids is 1. The third-order valence-electron chi connectivity index (χ3n) is 3.05. The van der Waals surface area contributed by atoms with Crippen LogP contribution in [0.5, 0.6) is 5.75 Å². The average Bonchev–Trinajstić information content (AvgIpc) is 2.98. The molecular formula is C15H13ClN2O3S. The van der Waals surface area contributed by atoms with E-state index in [1.54, 1.807) is 12.3 Å². The first-order valence-electron chi connectivity index (χ1n) is 6.68. The maximum Gasteiger partial charge on any atom is 0.308 e. The lowest BCUT2D eigenvalue weighted by Gasteiger charge is -2.08. The number of ether oxygens (including phenoxy) is 1. The smallest absolute Gasteiger partial charge is 0.308 e. The van der Waals surface area contributed by atoms with Crippen LogP contribution in [0.2, 0.25) is 5.02 Å². The van der Waals surface area contributed by atoms with Gasteiger partial charge < -0.3 is 9.84 Å². The molecule has 22 heavy (non-hydrogen) atoms.